The van der Waals surface area contributed by atoms with Gasteiger partial charge in [-0.3, -0.25) is 9.78 Å². The van der Waals surface area contributed by atoms with Crippen LogP contribution in [0, 0.1) is 0 Å². The van der Waals surface area contributed by atoms with Crippen LogP contribution in [0.2, 0.25) is 5.02 Å². The minimum atomic E-state index is -0.350. The molecule has 7 heteroatoms. The minimum absolute atomic E-state index is 0.0648. The van der Waals surface area contributed by atoms with Crippen LogP contribution in [0.25, 0.3) is 0 Å². The number of carbonyl (C=O) groups is 1. The second kappa shape index (κ2) is 6.95. The fraction of sp³-hybridized carbons (Fsp3) is 0.250. The molecule has 6 nitrogen and oxygen atoms in total. The summed E-state index contributed by atoms with van der Waals surface area (Å²) in [5.41, 5.74) is 7.80. The zero-order valence-corrected chi connectivity index (χ0v) is 13.3. The first kappa shape index (κ1) is 15.7. The molecule has 1 fully saturated rings. The van der Waals surface area contributed by atoms with E-state index in [0.717, 1.165) is 5.56 Å². The highest BCUT2D eigenvalue weighted by Crippen LogP contribution is 2.29. The summed E-state index contributed by atoms with van der Waals surface area (Å²) >= 11 is 5.98. The van der Waals surface area contributed by atoms with Crippen LogP contribution < -0.4 is 20.9 Å². The van der Waals surface area contributed by atoms with E-state index in [9.17, 15) is 4.79 Å². The highest BCUT2D eigenvalue weighted by atomic mass is 35.5. The Labute approximate surface area is 139 Å². The molecule has 3 N–H and O–H groups in total. The third-order valence-corrected chi connectivity index (χ3v) is 3.98. The molecule has 1 saturated heterocycles. The SMILES string of the molecule is COc1ccc(Cl)cc1NC(=O)C1CC(c2ccncc2)NN1. The normalized spacial score (nSPS) is 20.3. The Morgan fingerprint density at radius 1 is 1.30 bits per heavy atom. The van der Waals surface area contributed by atoms with Gasteiger partial charge >= 0.3 is 0 Å². The largest absolute Gasteiger partial charge is 0.495 e. The van der Waals surface area contributed by atoms with Gasteiger partial charge in [-0.25, -0.2) is 10.9 Å². The van der Waals surface area contributed by atoms with E-state index in [1.54, 1.807) is 37.7 Å². The molecular weight excluding hydrogens is 316 g/mol. The summed E-state index contributed by atoms with van der Waals surface area (Å²) in [5.74, 6) is 0.425. The molecule has 2 aromatic rings. The van der Waals surface area contributed by atoms with Gasteiger partial charge in [0.2, 0.25) is 5.91 Å². The van der Waals surface area contributed by atoms with Crippen molar-refractivity contribution in [2.45, 2.75) is 18.5 Å². The maximum Gasteiger partial charge on any atom is 0.243 e. The van der Waals surface area contributed by atoms with Gasteiger partial charge in [0.15, 0.2) is 0 Å². The van der Waals surface area contributed by atoms with E-state index in [-0.39, 0.29) is 18.0 Å². The lowest BCUT2D eigenvalue weighted by atomic mass is 10.0. The lowest BCUT2D eigenvalue weighted by Gasteiger charge is -2.13. The number of rotatable bonds is 4. The van der Waals surface area contributed by atoms with Gasteiger partial charge in [-0.1, -0.05) is 11.6 Å². The van der Waals surface area contributed by atoms with Gasteiger partial charge in [0.1, 0.15) is 11.8 Å². The van der Waals surface area contributed by atoms with E-state index >= 15 is 0 Å². The summed E-state index contributed by atoms with van der Waals surface area (Å²) in [4.78, 5) is 16.4. The summed E-state index contributed by atoms with van der Waals surface area (Å²) in [6.07, 6.45) is 4.11. The highest BCUT2D eigenvalue weighted by molar-refractivity contribution is 6.31. The molecule has 23 heavy (non-hydrogen) atoms. The molecule has 0 spiro atoms. The number of carbonyl (C=O) groups excluding carboxylic acids is 1. The van der Waals surface area contributed by atoms with Crippen LogP contribution in [-0.4, -0.2) is 24.0 Å². The summed E-state index contributed by atoms with van der Waals surface area (Å²) in [5, 5.41) is 3.39. The molecule has 0 bridgehead atoms. The molecule has 0 saturated carbocycles. The lowest BCUT2D eigenvalue weighted by molar-refractivity contribution is -0.117. The molecule has 1 aliphatic rings. The molecule has 1 aromatic heterocycles. The van der Waals surface area contributed by atoms with Crippen LogP contribution in [0.15, 0.2) is 42.7 Å². The molecule has 1 aromatic carbocycles. The van der Waals surface area contributed by atoms with E-state index in [4.69, 9.17) is 16.3 Å². The molecule has 2 unspecified atom stereocenters. The molecule has 0 radical (unpaired) electrons. The van der Waals surface area contributed by atoms with Crippen LogP contribution >= 0.6 is 11.6 Å². The minimum Gasteiger partial charge on any atom is -0.495 e. The maximum atomic E-state index is 12.4. The molecule has 0 aliphatic carbocycles. The standard InChI is InChI=1S/C16H17ClN4O2/c1-23-15-3-2-11(17)8-13(15)19-16(22)14-9-12(20-21-14)10-4-6-18-7-5-10/h2-8,12,14,20-21H,9H2,1H3,(H,19,22). The zero-order chi connectivity index (χ0) is 16.2. The van der Waals surface area contributed by atoms with Gasteiger partial charge in [0.05, 0.1) is 12.8 Å². The Kier molecular flexibility index (Phi) is 4.76. The Bertz CT molecular complexity index is 696. The number of nitrogens with one attached hydrogen (secondary N) is 3. The number of benzene rings is 1. The van der Waals surface area contributed by atoms with Crippen molar-refractivity contribution >= 4 is 23.2 Å². The van der Waals surface area contributed by atoms with E-state index in [1.807, 2.05) is 12.1 Å². The van der Waals surface area contributed by atoms with Crippen molar-refractivity contribution in [1.82, 2.24) is 15.8 Å². The fourth-order valence-electron chi connectivity index (χ4n) is 2.54. The number of amides is 1. The number of halogens is 1. The molecule has 2 atom stereocenters. The van der Waals surface area contributed by atoms with Gasteiger partial charge in [0.25, 0.3) is 0 Å². The first-order chi connectivity index (χ1) is 11.2. The number of pyridine rings is 1. The van der Waals surface area contributed by atoms with Crippen molar-refractivity contribution in [2.75, 3.05) is 12.4 Å². The quantitative estimate of drug-likeness (QED) is 0.801. The molecule has 3 rings (SSSR count). The predicted molar refractivity (Wildman–Crippen MR) is 88.3 cm³/mol. The number of anilines is 1. The first-order valence-electron chi connectivity index (χ1n) is 7.23. The highest BCUT2D eigenvalue weighted by Gasteiger charge is 2.30. The summed E-state index contributed by atoms with van der Waals surface area (Å²) < 4.78 is 5.24. The third kappa shape index (κ3) is 3.61. The lowest BCUT2D eigenvalue weighted by Crippen LogP contribution is -2.39. The average molecular weight is 333 g/mol. The number of nitrogens with zero attached hydrogens (tertiary/aromatic N) is 1. The monoisotopic (exact) mass is 332 g/mol. The van der Waals surface area contributed by atoms with Crippen molar-refractivity contribution in [2.24, 2.45) is 0 Å². The predicted octanol–water partition coefficient (Wildman–Crippen LogP) is 2.29. The third-order valence-electron chi connectivity index (χ3n) is 3.75. The maximum absolute atomic E-state index is 12.4. The molecule has 1 aliphatic heterocycles. The molecular formula is C16H17ClN4O2. The first-order valence-corrected chi connectivity index (χ1v) is 7.60. The Balaban J connectivity index is 1.67. The smallest absolute Gasteiger partial charge is 0.243 e. The van der Waals surface area contributed by atoms with Crippen molar-refractivity contribution < 1.29 is 9.53 Å². The van der Waals surface area contributed by atoms with Crippen molar-refractivity contribution in [3.8, 4) is 5.75 Å². The van der Waals surface area contributed by atoms with E-state index in [0.29, 0.717) is 22.9 Å². The average Bonchev–Trinajstić information content (AvgIpc) is 3.06. The number of hydrazine groups is 1. The number of methoxy groups -OCH3 is 1. The number of ether oxygens (including phenoxy) is 1. The van der Waals surface area contributed by atoms with E-state index in [2.05, 4.69) is 21.2 Å². The van der Waals surface area contributed by atoms with Crippen LogP contribution in [0.5, 0.6) is 5.75 Å². The summed E-state index contributed by atoms with van der Waals surface area (Å²) in [6, 6.07) is 8.68. The number of hydrogen-bond acceptors (Lipinski definition) is 5. The van der Waals surface area contributed by atoms with Crippen LogP contribution in [0.3, 0.4) is 0 Å². The van der Waals surface area contributed by atoms with E-state index < -0.39 is 0 Å². The fourth-order valence-corrected chi connectivity index (χ4v) is 2.71. The number of aromatic nitrogens is 1. The Hall–Kier alpha value is -2.15. The van der Waals surface area contributed by atoms with Crippen LogP contribution in [0.4, 0.5) is 5.69 Å². The van der Waals surface area contributed by atoms with Gasteiger partial charge in [0, 0.05) is 23.5 Å². The van der Waals surface area contributed by atoms with Gasteiger partial charge in [-0.15, -0.1) is 0 Å². The molecule has 2 heterocycles. The topological polar surface area (TPSA) is 75.3 Å². The van der Waals surface area contributed by atoms with Crippen molar-refractivity contribution in [3.63, 3.8) is 0 Å². The number of hydrogen-bond donors (Lipinski definition) is 3. The molecule has 120 valence electrons. The van der Waals surface area contributed by atoms with Crippen molar-refractivity contribution in [1.29, 1.82) is 0 Å². The zero-order valence-electron chi connectivity index (χ0n) is 12.5. The summed E-state index contributed by atoms with van der Waals surface area (Å²) in [7, 11) is 1.55. The van der Waals surface area contributed by atoms with Crippen molar-refractivity contribution in [3.05, 3.63) is 53.3 Å². The summed E-state index contributed by atoms with van der Waals surface area (Å²) in [6.45, 7) is 0. The second-order valence-electron chi connectivity index (χ2n) is 5.24. The second-order valence-corrected chi connectivity index (χ2v) is 5.68. The molecule has 1 amide bonds. The van der Waals surface area contributed by atoms with E-state index in [1.165, 1.54) is 0 Å². The van der Waals surface area contributed by atoms with Gasteiger partial charge in [-0.2, -0.15) is 0 Å². The van der Waals surface area contributed by atoms with Gasteiger partial charge < -0.3 is 10.1 Å². The van der Waals surface area contributed by atoms with Crippen LogP contribution in [0.1, 0.15) is 18.0 Å². The Morgan fingerprint density at radius 3 is 2.83 bits per heavy atom. The van der Waals surface area contributed by atoms with Crippen LogP contribution in [-0.2, 0) is 4.79 Å². The Morgan fingerprint density at radius 2 is 2.09 bits per heavy atom. The van der Waals surface area contributed by atoms with Gasteiger partial charge in [-0.05, 0) is 42.3 Å².